The average Bonchev–Trinajstić information content (AvgIpc) is 3.00. The molecule has 1 aliphatic rings. The van der Waals surface area contributed by atoms with Crippen LogP contribution in [0.5, 0.6) is 0 Å². The number of rotatable bonds is 3. The molecule has 0 radical (unpaired) electrons. The van der Waals surface area contributed by atoms with Crippen molar-refractivity contribution in [2.75, 3.05) is 6.54 Å². The van der Waals surface area contributed by atoms with E-state index in [1.807, 2.05) is 24.4 Å². The quantitative estimate of drug-likeness (QED) is 0.947. The van der Waals surface area contributed by atoms with Gasteiger partial charge in [0.25, 0.3) is 5.91 Å². The molecular formula is C16H15NO3S. The molecule has 0 bridgehead atoms. The van der Waals surface area contributed by atoms with Gasteiger partial charge in [0.2, 0.25) is 0 Å². The number of hydrogen-bond acceptors (Lipinski definition) is 3. The van der Waals surface area contributed by atoms with Crippen LogP contribution in [0.1, 0.15) is 39.7 Å². The molecule has 0 spiro atoms. The Hall–Kier alpha value is -2.14. The molecule has 1 aromatic heterocycles. The van der Waals surface area contributed by atoms with E-state index in [2.05, 4.69) is 0 Å². The molecule has 1 aromatic carbocycles. The summed E-state index contributed by atoms with van der Waals surface area (Å²) in [6.45, 7) is 2.37. The van der Waals surface area contributed by atoms with E-state index in [0.29, 0.717) is 17.7 Å². The van der Waals surface area contributed by atoms with Gasteiger partial charge in [-0.2, -0.15) is 0 Å². The zero-order chi connectivity index (χ0) is 15.0. The Morgan fingerprint density at radius 2 is 2.05 bits per heavy atom. The van der Waals surface area contributed by atoms with Crippen LogP contribution in [0.4, 0.5) is 0 Å². The first-order chi connectivity index (χ1) is 10.1. The van der Waals surface area contributed by atoms with Crippen molar-refractivity contribution in [2.24, 2.45) is 0 Å². The summed E-state index contributed by atoms with van der Waals surface area (Å²) in [6.07, 6.45) is 0. The SMILES string of the molecule is CCN1C(=O)c2ccccc2C(C(=O)O)C1c1cccs1. The molecule has 3 rings (SSSR count). The van der Waals surface area contributed by atoms with Crippen molar-refractivity contribution in [3.8, 4) is 0 Å². The number of aliphatic carboxylic acids is 1. The van der Waals surface area contributed by atoms with Crippen LogP contribution in [0.25, 0.3) is 0 Å². The highest BCUT2D eigenvalue weighted by molar-refractivity contribution is 7.10. The molecule has 0 fully saturated rings. The van der Waals surface area contributed by atoms with Crippen LogP contribution in [0.2, 0.25) is 0 Å². The number of carbonyl (C=O) groups is 2. The molecule has 1 aliphatic heterocycles. The molecule has 4 nitrogen and oxygen atoms in total. The predicted octanol–water partition coefficient (Wildman–Crippen LogP) is 3.13. The summed E-state index contributed by atoms with van der Waals surface area (Å²) in [4.78, 5) is 27.1. The highest BCUT2D eigenvalue weighted by atomic mass is 32.1. The molecule has 5 heteroatoms. The molecule has 108 valence electrons. The number of amides is 1. The second-order valence-electron chi connectivity index (χ2n) is 4.95. The maximum atomic E-state index is 12.7. The van der Waals surface area contributed by atoms with E-state index in [9.17, 15) is 14.7 Å². The van der Waals surface area contributed by atoms with Crippen LogP contribution in [0.15, 0.2) is 41.8 Å². The van der Waals surface area contributed by atoms with Gasteiger partial charge in [0, 0.05) is 17.0 Å². The van der Waals surface area contributed by atoms with Crippen molar-refractivity contribution in [2.45, 2.75) is 18.9 Å². The molecule has 0 saturated heterocycles. The minimum absolute atomic E-state index is 0.0935. The third-order valence-electron chi connectivity index (χ3n) is 3.88. The van der Waals surface area contributed by atoms with Crippen LogP contribution in [0.3, 0.4) is 0 Å². The Bertz CT molecular complexity index is 681. The second kappa shape index (κ2) is 5.33. The smallest absolute Gasteiger partial charge is 0.313 e. The van der Waals surface area contributed by atoms with Gasteiger partial charge in [-0.3, -0.25) is 9.59 Å². The van der Waals surface area contributed by atoms with Crippen molar-refractivity contribution in [3.05, 3.63) is 57.8 Å². The predicted molar refractivity (Wildman–Crippen MR) is 80.6 cm³/mol. The van der Waals surface area contributed by atoms with E-state index in [4.69, 9.17) is 0 Å². The third-order valence-corrected chi connectivity index (χ3v) is 4.82. The fraction of sp³-hybridized carbons (Fsp3) is 0.250. The van der Waals surface area contributed by atoms with Gasteiger partial charge in [-0.05, 0) is 30.0 Å². The third kappa shape index (κ3) is 2.14. The lowest BCUT2D eigenvalue weighted by Gasteiger charge is -2.39. The molecule has 21 heavy (non-hydrogen) atoms. The molecule has 1 N–H and O–H groups in total. The average molecular weight is 301 g/mol. The number of hydrogen-bond donors (Lipinski definition) is 1. The van der Waals surface area contributed by atoms with Crippen LogP contribution in [-0.4, -0.2) is 28.4 Å². The number of benzene rings is 1. The summed E-state index contributed by atoms with van der Waals surface area (Å²) < 4.78 is 0. The zero-order valence-corrected chi connectivity index (χ0v) is 12.3. The number of likely N-dealkylation sites (N-methyl/N-ethyl adjacent to an activating group) is 1. The first-order valence-corrected chi connectivity index (χ1v) is 7.69. The lowest BCUT2D eigenvalue weighted by molar-refractivity contribution is -0.140. The van der Waals surface area contributed by atoms with Crippen LogP contribution in [0, 0.1) is 0 Å². The van der Waals surface area contributed by atoms with E-state index in [-0.39, 0.29) is 5.91 Å². The first-order valence-electron chi connectivity index (χ1n) is 6.81. The van der Waals surface area contributed by atoms with E-state index in [1.54, 1.807) is 29.2 Å². The molecule has 2 heterocycles. The largest absolute Gasteiger partial charge is 0.481 e. The summed E-state index contributed by atoms with van der Waals surface area (Å²) in [5, 5.41) is 11.6. The highest BCUT2D eigenvalue weighted by Gasteiger charge is 2.43. The molecule has 1 amide bonds. The van der Waals surface area contributed by atoms with Gasteiger partial charge < -0.3 is 10.0 Å². The highest BCUT2D eigenvalue weighted by Crippen LogP contribution is 2.43. The van der Waals surface area contributed by atoms with E-state index in [1.165, 1.54) is 11.3 Å². The normalized spacial score (nSPS) is 21.2. The Balaban J connectivity index is 2.22. The molecule has 0 saturated carbocycles. The van der Waals surface area contributed by atoms with E-state index >= 15 is 0 Å². The Morgan fingerprint density at radius 1 is 1.29 bits per heavy atom. The van der Waals surface area contributed by atoms with Crippen molar-refractivity contribution in [1.82, 2.24) is 4.90 Å². The van der Waals surface area contributed by atoms with Gasteiger partial charge in [-0.1, -0.05) is 24.3 Å². The minimum Gasteiger partial charge on any atom is -0.481 e. The first kappa shape index (κ1) is 13.8. The fourth-order valence-electron chi connectivity index (χ4n) is 2.98. The van der Waals surface area contributed by atoms with Crippen LogP contribution < -0.4 is 0 Å². The monoisotopic (exact) mass is 301 g/mol. The maximum Gasteiger partial charge on any atom is 0.313 e. The summed E-state index contributed by atoms with van der Waals surface area (Å²) in [5.41, 5.74) is 1.11. The Morgan fingerprint density at radius 3 is 2.67 bits per heavy atom. The van der Waals surface area contributed by atoms with Crippen LogP contribution in [-0.2, 0) is 4.79 Å². The molecule has 0 aliphatic carbocycles. The maximum absolute atomic E-state index is 12.7. The van der Waals surface area contributed by atoms with Crippen molar-refractivity contribution in [1.29, 1.82) is 0 Å². The number of nitrogens with zero attached hydrogens (tertiary/aromatic N) is 1. The van der Waals surface area contributed by atoms with Crippen molar-refractivity contribution >= 4 is 23.2 Å². The number of carboxylic acid groups (broad SMARTS) is 1. The fourth-order valence-corrected chi connectivity index (χ4v) is 3.85. The number of carboxylic acids is 1. The van der Waals surface area contributed by atoms with Gasteiger partial charge in [0.1, 0.15) is 5.92 Å². The number of thiophene rings is 1. The molecular weight excluding hydrogens is 286 g/mol. The number of carbonyl (C=O) groups excluding carboxylic acids is 1. The number of fused-ring (bicyclic) bond motifs is 1. The van der Waals surface area contributed by atoms with Gasteiger partial charge >= 0.3 is 5.97 Å². The Labute approximate surface area is 126 Å². The molecule has 2 unspecified atom stereocenters. The summed E-state index contributed by atoms with van der Waals surface area (Å²) in [6, 6.07) is 10.4. The van der Waals surface area contributed by atoms with Crippen LogP contribution >= 0.6 is 11.3 Å². The van der Waals surface area contributed by atoms with Gasteiger partial charge in [-0.15, -0.1) is 11.3 Å². The lowest BCUT2D eigenvalue weighted by Crippen LogP contribution is -2.44. The Kier molecular flexibility index (Phi) is 3.51. The standard InChI is InChI=1S/C16H15NO3S/c1-2-17-14(12-8-5-9-21-12)13(16(19)20)10-6-3-4-7-11(10)15(17)18/h3-9,13-14H,2H2,1H3,(H,19,20). The van der Waals surface area contributed by atoms with Gasteiger partial charge in [0.15, 0.2) is 0 Å². The summed E-state index contributed by atoms with van der Waals surface area (Å²) in [7, 11) is 0. The zero-order valence-electron chi connectivity index (χ0n) is 11.5. The molecule has 2 aromatic rings. The second-order valence-corrected chi connectivity index (χ2v) is 5.93. The summed E-state index contributed by atoms with van der Waals surface area (Å²) in [5.74, 6) is -1.71. The topological polar surface area (TPSA) is 57.6 Å². The van der Waals surface area contributed by atoms with E-state index in [0.717, 1.165) is 4.88 Å². The van der Waals surface area contributed by atoms with E-state index < -0.39 is 17.9 Å². The van der Waals surface area contributed by atoms with Crippen molar-refractivity contribution < 1.29 is 14.7 Å². The van der Waals surface area contributed by atoms with Gasteiger partial charge in [-0.25, -0.2) is 0 Å². The minimum atomic E-state index is -0.896. The lowest BCUT2D eigenvalue weighted by atomic mass is 9.82. The molecule has 2 atom stereocenters. The van der Waals surface area contributed by atoms with Gasteiger partial charge in [0.05, 0.1) is 6.04 Å². The summed E-state index contributed by atoms with van der Waals surface area (Å²) >= 11 is 1.49. The van der Waals surface area contributed by atoms with Crippen molar-refractivity contribution in [3.63, 3.8) is 0 Å².